The van der Waals surface area contributed by atoms with Crippen molar-refractivity contribution in [1.29, 1.82) is 0 Å². The molecule has 0 aliphatic rings. The fraction of sp³-hybridized carbons (Fsp3) is 0.300. The van der Waals surface area contributed by atoms with E-state index in [9.17, 15) is 9.18 Å². The minimum Gasteiger partial charge on any atom is -0.468 e. The van der Waals surface area contributed by atoms with Gasteiger partial charge in [-0.2, -0.15) is 0 Å². The Morgan fingerprint density at radius 1 is 1.47 bits per heavy atom. The van der Waals surface area contributed by atoms with Gasteiger partial charge in [-0.25, -0.2) is 10.3 Å². The van der Waals surface area contributed by atoms with Crippen molar-refractivity contribution >= 4 is 5.97 Å². The number of methoxy groups -OCH3 is 1. The fourth-order valence-corrected chi connectivity index (χ4v) is 1.23. The molecule has 1 aromatic rings. The van der Waals surface area contributed by atoms with Gasteiger partial charge in [0.15, 0.2) is 0 Å². The Labute approximate surface area is 86.7 Å². The van der Waals surface area contributed by atoms with E-state index >= 15 is 0 Å². The number of nitrogens with two attached hydrogens (primary N) is 1. The second-order valence-corrected chi connectivity index (χ2v) is 2.96. The molecular formula is C10H12FNO3. The van der Waals surface area contributed by atoms with E-state index in [1.54, 1.807) is 0 Å². The van der Waals surface area contributed by atoms with Crippen molar-refractivity contribution in [3.05, 3.63) is 35.6 Å². The van der Waals surface area contributed by atoms with Crippen molar-refractivity contribution < 1.29 is 18.8 Å². The van der Waals surface area contributed by atoms with Crippen molar-refractivity contribution in [3.8, 4) is 0 Å². The molecule has 1 unspecified atom stereocenters. The third-order valence-electron chi connectivity index (χ3n) is 2.02. The Hall–Kier alpha value is -1.46. The topological polar surface area (TPSA) is 61.5 Å². The van der Waals surface area contributed by atoms with E-state index in [-0.39, 0.29) is 12.4 Å². The highest BCUT2D eigenvalue weighted by Crippen LogP contribution is 2.17. The zero-order valence-electron chi connectivity index (χ0n) is 8.27. The summed E-state index contributed by atoms with van der Waals surface area (Å²) >= 11 is 0. The first-order chi connectivity index (χ1) is 7.19. The predicted octanol–water partition coefficient (Wildman–Crippen LogP) is 0.973. The van der Waals surface area contributed by atoms with Gasteiger partial charge in [-0.1, -0.05) is 12.1 Å². The van der Waals surface area contributed by atoms with Gasteiger partial charge in [-0.05, 0) is 17.7 Å². The molecule has 1 aromatic carbocycles. The SMILES string of the molecule is COC(=O)C(CON)c1ccc(F)cc1. The van der Waals surface area contributed by atoms with Gasteiger partial charge < -0.3 is 9.57 Å². The molecule has 2 N–H and O–H groups in total. The Morgan fingerprint density at radius 3 is 2.53 bits per heavy atom. The summed E-state index contributed by atoms with van der Waals surface area (Å²) in [7, 11) is 1.27. The van der Waals surface area contributed by atoms with Crippen LogP contribution in [0.3, 0.4) is 0 Å². The van der Waals surface area contributed by atoms with Crippen LogP contribution in [0.15, 0.2) is 24.3 Å². The molecule has 0 spiro atoms. The molecular weight excluding hydrogens is 201 g/mol. The molecule has 5 heteroatoms. The van der Waals surface area contributed by atoms with E-state index in [4.69, 9.17) is 5.90 Å². The third kappa shape index (κ3) is 3.00. The van der Waals surface area contributed by atoms with Crippen LogP contribution in [0.4, 0.5) is 4.39 Å². The summed E-state index contributed by atoms with van der Waals surface area (Å²) in [5, 5.41) is 0. The van der Waals surface area contributed by atoms with Crippen LogP contribution >= 0.6 is 0 Å². The molecule has 0 saturated heterocycles. The lowest BCUT2D eigenvalue weighted by Crippen LogP contribution is -2.21. The number of halogens is 1. The highest BCUT2D eigenvalue weighted by atomic mass is 19.1. The second kappa shape index (κ2) is 5.43. The lowest BCUT2D eigenvalue weighted by Gasteiger charge is -2.13. The summed E-state index contributed by atoms with van der Waals surface area (Å²) in [6, 6.07) is 5.52. The number of rotatable bonds is 4. The maximum Gasteiger partial charge on any atom is 0.315 e. The summed E-state index contributed by atoms with van der Waals surface area (Å²) in [4.78, 5) is 15.8. The molecule has 1 atom stereocenters. The highest BCUT2D eigenvalue weighted by molar-refractivity contribution is 5.78. The smallest absolute Gasteiger partial charge is 0.315 e. The monoisotopic (exact) mass is 213 g/mol. The average molecular weight is 213 g/mol. The quantitative estimate of drug-likeness (QED) is 0.598. The molecule has 0 saturated carbocycles. The fourth-order valence-electron chi connectivity index (χ4n) is 1.23. The number of benzene rings is 1. The van der Waals surface area contributed by atoms with Gasteiger partial charge in [-0.15, -0.1) is 0 Å². The van der Waals surface area contributed by atoms with Crippen LogP contribution < -0.4 is 5.90 Å². The highest BCUT2D eigenvalue weighted by Gasteiger charge is 2.21. The number of esters is 1. The van der Waals surface area contributed by atoms with Crippen molar-refractivity contribution in [1.82, 2.24) is 0 Å². The Bertz CT molecular complexity index is 326. The molecule has 0 aliphatic carbocycles. The van der Waals surface area contributed by atoms with Gasteiger partial charge in [0.25, 0.3) is 0 Å². The van der Waals surface area contributed by atoms with Crippen molar-refractivity contribution in [3.63, 3.8) is 0 Å². The lowest BCUT2D eigenvalue weighted by molar-refractivity contribution is -0.144. The lowest BCUT2D eigenvalue weighted by atomic mass is 10.0. The summed E-state index contributed by atoms with van der Waals surface area (Å²) in [5.74, 6) is 3.45. The van der Waals surface area contributed by atoms with E-state index < -0.39 is 11.9 Å². The Morgan fingerprint density at radius 2 is 2.07 bits per heavy atom. The van der Waals surface area contributed by atoms with E-state index in [1.165, 1.54) is 31.4 Å². The molecule has 0 bridgehead atoms. The van der Waals surface area contributed by atoms with E-state index in [1.807, 2.05) is 0 Å². The second-order valence-electron chi connectivity index (χ2n) is 2.96. The van der Waals surface area contributed by atoms with Crippen molar-refractivity contribution in [2.24, 2.45) is 5.90 Å². The zero-order chi connectivity index (χ0) is 11.3. The van der Waals surface area contributed by atoms with E-state index in [0.717, 1.165) is 0 Å². The van der Waals surface area contributed by atoms with Crippen LogP contribution in [0.2, 0.25) is 0 Å². The van der Waals surface area contributed by atoms with Crippen molar-refractivity contribution in [2.45, 2.75) is 5.92 Å². The first-order valence-electron chi connectivity index (χ1n) is 4.34. The van der Waals surface area contributed by atoms with Crippen LogP contribution in [-0.2, 0) is 14.4 Å². The Kier molecular flexibility index (Phi) is 4.20. The molecule has 0 radical (unpaired) electrons. The summed E-state index contributed by atoms with van der Waals surface area (Å²) in [6.45, 7) is -0.00168. The maximum atomic E-state index is 12.6. The average Bonchev–Trinajstić information content (AvgIpc) is 2.26. The Balaban J connectivity index is 2.88. The van der Waals surface area contributed by atoms with Crippen LogP contribution in [0, 0.1) is 5.82 Å². The normalized spacial score (nSPS) is 12.2. The maximum absolute atomic E-state index is 12.6. The molecule has 82 valence electrons. The molecule has 0 amide bonds. The zero-order valence-corrected chi connectivity index (χ0v) is 8.27. The van der Waals surface area contributed by atoms with E-state index in [0.29, 0.717) is 5.56 Å². The van der Waals surface area contributed by atoms with Crippen LogP contribution in [0.5, 0.6) is 0 Å². The van der Waals surface area contributed by atoms with Gasteiger partial charge in [0.05, 0.1) is 13.7 Å². The van der Waals surface area contributed by atoms with Gasteiger partial charge in [0, 0.05) is 0 Å². The van der Waals surface area contributed by atoms with Gasteiger partial charge in [0.1, 0.15) is 11.7 Å². The minimum atomic E-state index is -0.624. The first-order valence-corrected chi connectivity index (χ1v) is 4.34. The molecule has 15 heavy (non-hydrogen) atoms. The summed E-state index contributed by atoms with van der Waals surface area (Å²) in [6.07, 6.45) is 0. The van der Waals surface area contributed by atoms with Crippen molar-refractivity contribution in [2.75, 3.05) is 13.7 Å². The van der Waals surface area contributed by atoms with Gasteiger partial charge in [0.2, 0.25) is 0 Å². The third-order valence-corrected chi connectivity index (χ3v) is 2.02. The van der Waals surface area contributed by atoms with Gasteiger partial charge >= 0.3 is 5.97 Å². The number of carbonyl (C=O) groups excluding carboxylic acids is 1. The minimum absolute atomic E-state index is 0.00168. The number of ether oxygens (including phenoxy) is 1. The first kappa shape index (κ1) is 11.6. The molecule has 4 nitrogen and oxygen atoms in total. The standard InChI is InChI=1S/C10H12FNO3/c1-14-10(13)9(6-15-12)7-2-4-8(11)5-3-7/h2-5,9H,6,12H2,1H3. The molecule has 0 aliphatic heterocycles. The van der Waals surface area contributed by atoms with Gasteiger partial charge in [-0.3, -0.25) is 4.79 Å². The number of carbonyl (C=O) groups is 1. The number of hydrogen-bond acceptors (Lipinski definition) is 4. The van der Waals surface area contributed by atoms with E-state index in [2.05, 4.69) is 9.57 Å². The predicted molar refractivity (Wildman–Crippen MR) is 51.3 cm³/mol. The summed E-state index contributed by atoms with van der Waals surface area (Å²) < 4.78 is 17.2. The summed E-state index contributed by atoms with van der Waals surface area (Å²) in [5.41, 5.74) is 0.605. The molecule has 1 rings (SSSR count). The molecule has 0 aromatic heterocycles. The van der Waals surface area contributed by atoms with Crippen LogP contribution in [0.1, 0.15) is 11.5 Å². The van der Waals surface area contributed by atoms with Crippen LogP contribution in [0.25, 0.3) is 0 Å². The number of hydrogen-bond donors (Lipinski definition) is 1. The molecule has 0 heterocycles. The molecule has 0 fully saturated rings. The van der Waals surface area contributed by atoms with Crippen LogP contribution in [-0.4, -0.2) is 19.7 Å². The largest absolute Gasteiger partial charge is 0.468 e.